The SMILES string of the molecule is NCCCCC(NC(=O)C(N)CC(N)=O)C(=O)NC(Cc1ccccc1)C(=O)NC(CCC(N)=O)C(=O)O. The highest BCUT2D eigenvalue weighted by Gasteiger charge is 2.30. The van der Waals surface area contributed by atoms with Gasteiger partial charge in [-0.3, -0.25) is 24.0 Å². The molecule has 4 unspecified atom stereocenters. The number of amides is 5. The van der Waals surface area contributed by atoms with Crippen LogP contribution in [0.5, 0.6) is 0 Å². The maximum absolute atomic E-state index is 13.2. The molecule has 0 radical (unpaired) electrons. The van der Waals surface area contributed by atoms with Gasteiger partial charge in [0.15, 0.2) is 0 Å². The van der Waals surface area contributed by atoms with E-state index in [9.17, 15) is 33.9 Å². The summed E-state index contributed by atoms with van der Waals surface area (Å²) in [5, 5.41) is 16.8. The Morgan fingerprint density at radius 1 is 0.763 bits per heavy atom. The van der Waals surface area contributed by atoms with E-state index in [4.69, 9.17) is 22.9 Å². The third kappa shape index (κ3) is 12.3. The van der Waals surface area contributed by atoms with Crippen LogP contribution in [-0.2, 0) is 35.2 Å². The number of rotatable bonds is 18. The summed E-state index contributed by atoms with van der Waals surface area (Å²) in [4.78, 5) is 72.6. The van der Waals surface area contributed by atoms with Crippen LogP contribution in [0.2, 0.25) is 0 Å². The van der Waals surface area contributed by atoms with Crippen molar-refractivity contribution in [2.45, 2.75) is 69.1 Å². The van der Waals surface area contributed by atoms with Crippen molar-refractivity contribution in [3.05, 3.63) is 35.9 Å². The number of primary amides is 2. The van der Waals surface area contributed by atoms with Gasteiger partial charge in [0.1, 0.15) is 18.1 Å². The van der Waals surface area contributed by atoms with Crippen LogP contribution in [0, 0.1) is 0 Å². The minimum absolute atomic E-state index is 0.00519. The van der Waals surface area contributed by atoms with E-state index in [1.54, 1.807) is 30.3 Å². The van der Waals surface area contributed by atoms with Crippen LogP contribution in [0.25, 0.3) is 0 Å². The predicted molar refractivity (Wildman–Crippen MR) is 137 cm³/mol. The van der Waals surface area contributed by atoms with Crippen LogP contribution < -0.4 is 38.9 Å². The average Bonchev–Trinajstić information content (AvgIpc) is 2.85. The first-order valence-corrected chi connectivity index (χ1v) is 12.1. The van der Waals surface area contributed by atoms with Crippen molar-refractivity contribution in [3.8, 4) is 0 Å². The number of hydrogen-bond donors (Lipinski definition) is 8. The van der Waals surface area contributed by atoms with Gasteiger partial charge < -0.3 is 44.0 Å². The summed E-state index contributed by atoms with van der Waals surface area (Å²) < 4.78 is 0. The molecule has 0 bridgehead atoms. The van der Waals surface area contributed by atoms with Crippen LogP contribution in [0.3, 0.4) is 0 Å². The molecule has 0 aromatic heterocycles. The zero-order chi connectivity index (χ0) is 28.7. The Labute approximate surface area is 220 Å². The van der Waals surface area contributed by atoms with E-state index >= 15 is 0 Å². The second kappa shape index (κ2) is 16.7. The molecule has 4 atom stereocenters. The van der Waals surface area contributed by atoms with E-state index in [2.05, 4.69) is 16.0 Å². The number of carboxylic acids is 1. The molecular formula is C24H37N7O7. The van der Waals surface area contributed by atoms with Gasteiger partial charge in [0, 0.05) is 12.8 Å². The maximum Gasteiger partial charge on any atom is 0.326 e. The third-order valence-corrected chi connectivity index (χ3v) is 5.55. The van der Waals surface area contributed by atoms with Gasteiger partial charge >= 0.3 is 5.97 Å². The standard InChI is InChI=1S/C24H37N7O7/c25-11-5-4-8-16(29-21(34)15(26)13-20(28)33)22(35)31-18(12-14-6-2-1-3-7-14)23(36)30-17(24(37)38)9-10-19(27)32/h1-3,6-7,15-18H,4-5,8-13,25-26H2,(H2,27,32)(H2,28,33)(H,29,34)(H,30,36)(H,31,35)(H,37,38). The number of carbonyl (C=O) groups is 6. The molecule has 0 aliphatic heterocycles. The smallest absolute Gasteiger partial charge is 0.326 e. The Morgan fingerprint density at radius 3 is 1.89 bits per heavy atom. The quantitative estimate of drug-likeness (QED) is 0.0912. The summed E-state index contributed by atoms with van der Waals surface area (Å²) >= 11 is 0. The molecule has 0 fully saturated rings. The van der Waals surface area contributed by atoms with Crippen LogP contribution in [-0.4, -0.2) is 71.3 Å². The van der Waals surface area contributed by atoms with Gasteiger partial charge in [-0.1, -0.05) is 30.3 Å². The Morgan fingerprint density at radius 2 is 1.34 bits per heavy atom. The number of nitrogens with two attached hydrogens (primary N) is 4. The molecule has 0 spiro atoms. The second-order valence-corrected chi connectivity index (χ2v) is 8.78. The first-order chi connectivity index (χ1) is 17.9. The Bertz CT molecular complexity index is 974. The van der Waals surface area contributed by atoms with E-state index in [1.165, 1.54) is 0 Å². The zero-order valence-corrected chi connectivity index (χ0v) is 21.1. The highest BCUT2D eigenvalue weighted by Crippen LogP contribution is 2.08. The summed E-state index contributed by atoms with van der Waals surface area (Å²) in [6, 6.07) is 3.62. The summed E-state index contributed by atoms with van der Waals surface area (Å²) in [5.74, 6) is -5.21. The molecule has 1 aromatic rings. The number of aliphatic carboxylic acids is 1. The van der Waals surface area contributed by atoms with Crippen molar-refractivity contribution in [2.75, 3.05) is 6.54 Å². The first kappa shape index (κ1) is 32.0. The molecule has 210 valence electrons. The minimum Gasteiger partial charge on any atom is -0.480 e. The van der Waals surface area contributed by atoms with E-state index in [0.29, 0.717) is 24.9 Å². The second-order valence-electron chi connectivity index (χ2n) is 8.78. The van der Waals surface area contributed by atoms with E-state index in [1.807, 2.05) is 0 Å². The molecule has 0 saturated heterocycles. The van der Waals surface area contributed by atoms with Crippen molar-refractivity contribution >= 4 is 35.5 Å². The molecule has 38 heavy (non-hydrogen) atoms. The van der Waals surface area contributed by atoms with Gasteiger partial charge in [-0.15, -0.1) is 0 Å². The fraction of sp³-hybridized carbons (Fsp3) is 0.500. The minimum atomic E-state index is -1.42. The Balaban J connectivity index is 3.12. The molecule has 14 nitrogen and oxygen atoms in total. The Hall–Kier alpha value is -4.04. The predicted octanol–water partition coefficient (Wildman–Crippen LogP) is -2.63. The highest BCUT2D eigenvalue weighted by molar-refractivity contribution is 5.95. The topological polar surface area (TPSA) is 263 Å². The number of nitrogens with one attached hydrogen (secondary N) is 3. The van der Waals surface area contributed by atoms with Crippen molar-refractivity contribution in [1.29, 1.82) is 0 Å². The van der Waals surface area contributed by atoms with Gasteiger partial charge in [-0.2, -0.15) is 0 Å². The monoisotopic (exact) mass is 535 g/mol. The lowest BCUT2D eigenvalue weighted by Gasteiger charge is -2.25. The van der Waals surface area contributed by atoms with Crippen LogP contribution >= 0.6 is 0 Å². The van der Waals surface area contributed by atoms with Crippen molar-refractivity contribution in [2.24, 2.45) is 22.9 Å². The van der Waals surface area contributed by atoms with Crippen molar-refractivity contribution < 1.29 is 33.9 Å². The Kier molecular flexibility index (Phi) is 14.0. The molecule has 1 rings (SSSR count). The summed E-state index contributed by atoms with van der Waals surface area (Å²) in [6.45, 7) is 0.352. The molecule has 12 N–H and O–H groups in total. The highest BCUT2D eigenvalue weighted by atomic mass is 16.4. The van der Waals surface area contributed by atoms with Gasteiger partial charge in [0.25, 0.3) is 0 Å². The molecule has 0 aliphatic rings. The lowest BCUT2D eigenvalue weighted by atomic mass is 10.0. The average molecular weight is 536 g/mol. The normalized spacial score (nSPS) is 13.8. The van der Waals surface area contributed by atoms with Crippen molar-refractivity contribution in [3.63, 3.8) is 0 Å². The zero-order valence-electron chi connectivity index (χ0n) is 21.1. The van der Waals surface area contributed by atoms with Crippen LogP contribution in [0.1, 0.15) is 44.1 Å². The van der Waals surface area contributed by atoms with Crippen molar-refractivity contribution in [1.82, 2.24) is 16.0 Å². The van der Waals surface area contributed by atoms with Crippen LogP contribution in [0.15, 0.2) is 30.3 Å². The lowest BCUT2D eigenvalue weighted by molar-refractivity contribution is -0.142. The number of carboxylic acid groups (broad SMARTS) is 1. The molecular weight excluding hydrogens is 498 g/mol. The van der Waals surface area contributed by atoms with Crippen LogP contribution in [0.4, 0.5) is 0 Å². The number of unbranched alkanes of at least 4 members (excludes halogenated alkanes) is 1. The summed E-state index contributed by atoms with van der Waals surface area (Å²) in [5.41, 5.74) is 22.1. The molecule has 1 aromatic carbocycles. The molecule has 0 saturated carbocycles. The summed E-state index contributed by atoms with van der Waals surface area (Å²) in [6.07, 6.45) is 0.250. The lowest BCUT2D eigenvalue weighted by Crippen LogP contribution is -2.57. The molecule has 14 heteroatoms. The third-order valence-electron chi connectivity index (χ3n) is 5.55. The van der Waals surface area contributed by atoms with Gasteiger partial charge in [-0.25, -0.2) is 4.79 Å². The van der Waals surface area contributed by atoms with Gasteiger partial charge in [0.05, 0.1) is 12.5 Å². The van der Waals surface area contributed by atoms with E-state index in [0.717, 1.165) is 0 Å². The number of carbonyl (C=O) groups excluding carboxylic acids is 5. The first-order valence-electron chi connectivity index (χ1n) is 12.1. The summed E-state index contributed by atoms with van der Waals surface area (Å²) in [7, 11) is 0. The fourth-order valence-corrected chi connectivity index (χ4v) is 3.50. The molecule has 0 heterocycles. The van der Waals surface area contributed by atoms with E-state index < -0.39 is 66.1 Å². The van der Waals surface area contributed by atoms with E-state index in [-0.39, 0.29) is 25.7 Å². The van der Waals surface area contributed by atoms with Gasteiger partial charge in [0.2, 0.25) is 29.5 Å². The number of hydrogen-bond acceptors (Lipinski definition) is 8. The molecule has 0 aliphatic carbocycles. The number of benzene rings is 1. The fourth-order valence-electron chi connectivity index (χ4n) is 3.50. The largest absolute Gasteiger partial charge is 0.480 e. The van der Waals surface area contributed by atoms with Gasteiger partial charge in [-0.05, 0) is 37.8 Å². The molecule has 5 amide bonds. The maximum atomic E-state index is 13.2.